The van der Waals surface area contributed by atoms with Gasteiger partial charge in [-0.3, -0.25) is 4.79 Å². The summed E-state index contributed by atoms with van der Waals surface area (Å²) in [6.45, 7) is 3.07. The molecule has 2 aromatic rings. The van der Waals surface area contributed by atoms with E-state index in [1.807, 2.05) is 6.92 Å². The second-order valence-corrected chi connectivity index (χ2v) is 9.65. The molecular weight excluding hydrogens is 429 g/mol. The molecule has 0 saturated carbocycles. The summed E-state index contributed by atoms with van der Waals surface area (Å²) in [7, 11) is -3.62. The Kier molecular flexibility index (Phi) is 7.06. The van der Waals surface area contributed by atoms with E-state index in [1.54, 1.807) is 29.2 Å². The molecule has 31 heavy (non-hydrogen) atoms. The van der Waals surface area contributed by atoms with Crippen LogP contribution in [0.5, 0.6) is 0 Å². The minimum Gasteiger partial charge on any atom is -0.342 e. The third-order valence-electron chi connectivity index (χ3n) is 5.40. The Balaban J connectivity index is 1.55. The van der Waals surface area contributed by atoms with Gasteiger partial charge < -0.3 is 4.90 Å². The van der Waals surface area contributed by atoms with Crippen molar-refractivity contribution in [3.8, 4) is 0 Å². The number of piperidine rings is 1. The summed E-state index contributed by atoms with van der Waals surface area (Å²) in [6, 6.07) is 11.2. The molecule has 1 amide bonds. The van der Waals surface area contributed by atoms with E-state index >= 15 is 0 Å². The molecular formula is C22H25F3N2O3S. The Hall–Kier alpha value is -2.39. The van der Waals surface area contributed by atoms with E-state index < -0.39 is 21.8 Å². The summed E-state index contributed by atoms with van der Waals surface area (Å²) in [5.74, 6) is -0.198. The van der Waals surface area contributed by atoms with Gasteiger partial charge in [0.25, 0.3) is 0 Å². The van der Waals surface area contributed by atoms with Gasteiger partial charge in [0.1, 0.15) is 0 Å². The lowest BCUT2D eigenvalue weighted by Crippen LogP contribution is -2.44. The lowest BCUT2D eigenvalue weighted by Gasteiger charge is -2.33. The Bertz CT molecular complexity index is 1000. The predicted octanol–water partition coefficient (Wildman–Crippen LogP) is 3.77. The zero-order valence-corrected chi connectivity index (χ0v) is 18.0. The highest BCUT2D eigenvalue weighted by molar-refractivity contribution is 7.89. The van der Waals surface area contributed by atoms with Crippen LogP contribution in [0.2, 0.25) is 0 Å². The largest absolute Gasteiger partial charge is 0.416 e. The molecule has 1 aliphatic heterocycles. The Morgan fingerprint density at radius 3 is 2.35 bits per heavy atom. The quantitative estimate of drug-likeness (QED) is 0.723. The lowest BCUT2D eigenvalue weighted by molar-refractivity contribution is -0.137. The standard InChI is InChI=1S/C22H25F3N2O3S/c1-16-4-10-20(11-5-16)31(29,30)26-14-18-3-2-12-27(15-18)21(28)13-17-6-8-19(9-7-17)22(23,24)25/h4-11,18,26H,2-3,12-15H2,1H3. The maximum Gasteiger partial charge on any atom is 0.416 e. The van der Waals surface area contributed by atoms with E-state index in [9.17, 15) is 26.4 Å². The molecule has 1 heterocycles. The molecule has 1 atom stereocenters. The maximum atomic E-state index is 12.7. The lowest BCUT2D eigenvalue weighted by atomic mass is 9.97. The van der Waals surface area contributed by atoms with Crippen LogP contribution in [0.1, 0.15) is 29.5 Å². The van der Waals surface area contributed by atoms with Crippen molar-refractivity contribution in [1.29, 1.82) is 0 Å². The van der Waals surface area contributed by atoms with Gasteiger partial charge >= 0.3 is 6.18 Å². The van der Waals surface area contributed by atoms with Crippen LogP contribution in [0, 0.1) is 12.8 Å². The number of benzene rings is 2. The van der Waals surface area contributed by atoms with Crippen LogP contribution >= 0.6 is 0 Å². The first-order chi connectivity index (χ1) is 14.5. The molecule has 1 saturated heterocycles. The molecule has 0 bridgehead atoms. The fraction of sp³-hybridized carbons (Fsp3) is 0.409. The van der Waals surface area contributed by atoms with Crippen LogP contribution in [-0.4, -0.2) is 38.9 Å². The van der Waals surface area contributed by atoms with Crippen molar-refractivity contribution < 1.29 is 26.4 Å². The van der Waals surface area contributed by atoms with E-state index in [4.69, 9.17) is 0 Å². The molecule has 1 fully saturated rings. The maximum absolute atomic E-state index is 12.7. The van der Waals surface area contributed by atoms with Crippen molar-refractivity contribution in [2.45, 2.75) is 37.3 Å². The molecule has 0 aromatic heterocycles. The summed E-state index contributed by atoms with van der Waals surface area (Å²) >= 11 is 0. The third kappa shape index (κ3) is 6.30. The van der Waals surface area contributed by atoms with Gasteiger partial charge in [-0.15, -0.1) is 0 Å². The summed E-state index contributed by atoms with van der Waals surface area (Å²) in [5.41, 5.74) is 0.733. The Morgan fingerprint density at radius 2 is 1.74 bits per heavy atom. The van der Waals surface area contributed by atoms with Crippen molar-refractivity contribution in [3.63, 3.8) is 0 Å². The normalized spacial score (nSPS) is 17.5. The average molecular weight is 455 g/mol. The van der Waals surface area contributed by atoms with Gasteiger partial charge in [-0.25, -0.2) is 13.1 Å². The molecule has 0 spiro atoms. The highest BCUT2D eigenvalue weighted by Crippen LogP contribution is 2.29. The van der Waals surface area contributed by atoms with Crippen LogP contribution in [0.4, 0.5) is 13.2 Å². The fourth-order valence-electron chi connectivity index (χ4n) is 3.58. The highest BCUT2D eigenvalue weighted by Gasteiger charge is 2.30. The number of halogens is 3. The number of amides is 1. The zero-order valence-electron chi connectivity index (χ0n) is 17.2. The second kappa shape index (κ2) is 9.40. The molecule has 3 rings (SSSR count). The van der Waals surface area contributed by atoms with E-state index in [2.05, 4.69) is 4.72 Å². The minimum atomic E-state index is -4.41. The first-order valence-corrected chi connectivity index (χ1v) is 11.5. The summed E-state index contributed by atoms with van der Waals surface area (Å²) < 4.78 is 65.6. The molecule has 168 valence electrons. The monoisotopic (exact) mass is 454 g/mol. The van der Waals surface area contributed by atoms with Crippen LogP contribution < -0.4 is 4.72 Å². The summed E-state index contributed by atoms with van der Waals surface area (Å²) in [6.07, 6.45) is -2.86. The van der Waals surface area contributed by atoms with Crippen molar-refractivity contribution in [2.24, 2.45) is 5.92 Å². The topological polar surface area (TPSA) is 66.5 Å². The molecule has 1 aliphatic rings. The summed E-state index contributed by atoms with van der Waals surface area (Å²) in [5, 5.41) is 0. The molecule has 0 radical (unpaired) electrons. The van der Waals surface area contributed by atoms with Gasteiger partial charge in [0.15, 0.2) is 0 Å². The van der Waals surface area contributed by atoms with Crippen molar-refractivity contribution in [1.82, 2.24) is 9.62 Å². The van der Waals surface area contributed by atoms with Gasteiger partial charge in [-0.05, 0) is 55.5 Å². The number of nitrogens with zero attached hydrogens (tertiary/aromatic N) is 1. The number of rotatable bonds is 6. The Morgan fingerprint density at radius 1 is 1.10 bits per heavy atom. The zero-order chi connectivity index (χ0) is 22.6. The third-order valence-corrected chi connectivity index (χ3v) is 6.84. The van der Waals surface area contributed by atoms with Crippen LogP contribution in [-0.2, 0) is 27.4 Å². The first-order valence-electron chi connectivity index (χ1n) is 10.0. The number of hydrogen-bond donors (Lipinski definition) is 1. The minimum absolute atomic E-state index is 0.0138. The molecule has 9 heteroatoms. The smallest absolute Gasteiger partial charge is 0.342 e. The number of carbonyl (C=O) groups excluding carboxylic acids is 1. The number of aryl methyl sites for hydroxylation is 1. The number of likely N-dealkylation sites (tertiary alicyclic amines) is 1. The van der Waals surface area contributed by atoms with Gasteiger partial charge in [-0.2, -0.15) is 13.2 Å². The first kappa shape index (κ1) is 23.3. The number of nitrogens with one attached hydrogen (secondary N) is 1. The second-order valence-electron chi connectivity index (χ2n) is 7.88. The van der Waals surface area contributed by atoms with E-state index in [1.165, 1.54) is 12.1 Å². The molecule has 2 aromatic carbocycles. The highest BCUT2D eigenvalue weighted by atomic mass is 32.2. The van der Waals surface area contributed by atoms with E-state index in [0.29, 0.717) is 18.7 Å². The SMILES string of the molecule is Cc1ccc(S(=O)(=O)NCC2CCCN(C(=O)Cc3ccc(C(F)(F)F)cc3)C2)cc1. The van der Waals surface area contributed by atoms with Gasteiger partial charge in [-0.1, -0.05) is 29.8 Å². The van der Waals surface area contributed by atoms with Crippen LogP contribution in [0.25, 0.3) is 0 Å². The van der Waals surface area contributed by atoms with E-state index in [0.717, 1.165) is 30.5 Å². The van der Waals surface area contributed by atoms with E-state index in [-0.39, 0.29) is 29.7 Å². The van der Waals surface area contributed by atoms with Crippen molar-refractivity contribution in [2.75, 3.05) is 19.6 Å². The molecule has 0 aliphatic carbocycles. The number of carbonyl (C=O) groups is 1. The summed E-state index contributed by atoms with van der Waals surface area (Å²) in [4.78, 5) is 14.5. The van der Waals surface area contributed by atoms with Crippen molar-refractivity contribution >= 4 is 15.9 Å². The number of hydrogen-bond acceptors (Lipinski definition) is 3. The molecule has 5 nitrogen and oxygen atoms in total. The molecule has 1 unspecified atom stereocenters. The number of sulfonamides is 1. The predicted molar refractivity (Wildman–Crippen MR) is 111 cm³/mol. The van der Waals surface area contributed by atoms with Gasteiger partial charge in [0.05, 0.1) is 16.9 Å². The Labute approximate surface area is 180 Å². The van der Waals surface area contributed by atoms with Crippen molar-refractivity contribution in [3.05, 3.63) is 65.2 Å². The number of alkyl halides is 3. The molecule has 1 N–H and O–H groups in total. The van der Waals surface area contributed by atoms with Gasteiger partial charge in [0.2, 0.25) is 15.9 Å². The van der Waals surface area contributed by atoms with Gasteiger partial charge in [0, 0.05) is 19.6 Å². The van der Waals surface area contributed by atoms with Crippen LogP contribution in [0.15, 0.2) is 53.4 Å². The average Bonchev–Trinajstić information content (AvgIpc) is 2.72. The fourth-order valence-corrected chi connectivity index (χ4v) is 4.70. The van der Waals surface area contributed by atoms with Crippen LogP contribution in [0.3, 0.4) is 0 Å².